The first-order valence-corrected chi connectivity index (χ1v) is 5.15. The molecular weight excluding hydrogens is 242 g/mol. The summed E-state index contributed by atoms with van der Waals surface area (Å²) in [6.07, 6.45) is 3.17. The van der Waals surface area contributed by atoms with Gasteiger partial charge in [-0.15, -0.1) is 0 Å². The van der Waals surface area contributed by atoms with E-state index in [4.69, 9.17) is 21.4 Å². The van der Waals surface area contributed by atoms with Crippen LogP contribution in [0.25, 0.3) is 0 Å². The van der Waals surface area contributed by atoms with Gasteiger partial charge in [-0.3, -0.25) is 4.98 Å². The molecule has 4 nitrogen and oxygen atoms in total. The summed E-state index contributed by atoms with van der Waals surface area (Å²) in [5.41, 5.74) is 0.119. The van der Waals surface area contributed by atoms with E-state index >= 15 is 0 Å². The van der Waals surface area contributed by atoms with Gasteiger partial charge in [0.15, 0.2) is 0 Å². The molecule has 0 aliphatic rings. The maximum atomic E-state index is 10.7. The topological polar surface area (TPSA) is 59.4 Å². The van der Waals surface area contributed by atoms with Crippen LogP contribution in [0.2, 0.25) is 5.02 Å². The largest absolute Gasteiger partial charge is 0.478 e. The summed E-state index contributed by atoms with van der Waals surface area (Å²) in [5.74, 6) is -0.0954. The number of aromatic nitrogens is 1. The van der Waals surface area contributed by atoms with Gasteiger partial charge in [0.25, 0.3) is 0 Å². The van der Waals surface area contributed by atoms with E-state index in [0.717, 1.165) is 0 Å². The molecule has 2 aromatic rings. The maximum absolute atomic E-state index is 10.7. The number of ether oxygens (including phenoxy) is 1. The lowest BCUT2D eigenvalue weighted by atomic mass is 10.2. The van der Waals surface area contributed by atoms with Crippen LogP contribution in [-0.4, -0.2) is 16.1 Å². The Morgan fingerprint density at radius 2 is 2.18 bits per heavy atom. The van der Waals surface area contributed by atoms with Crippen LogP contribution in [0.4, 0.5) is 0 Å². The molecule has 1 heterocycles. The number of aromatic carboxylic acids is 1. The van der Waals surface area contributed by atoms with Crippen LogP contribution in [0.1, 0.15) is 10.4 Å². The second-order valence-corrected chi connectivity index (χ2v) is 3.65. The van der Waals surface area contributed by atoms with Crippen LogP contribution in [0, 0.1) is 0 Å². The Morgan fingerprint density at radius 1 is 1.35 bits per heavy atom. The summed E-state index contributed by atoms with van der Waals surface area (Å²) < 4.78 is 5.46. The molecule has 1 aromatic heterocycles. The Labute approximate surface area is 102 Å². The molecule has 17 heavy (non-hydrogen) atoms. The van der Waals surface area contributed by atoms with Crippen LogP contribution < -0.4 is 4.74 Å². The number of rotatable bonds is 3. The van der Waals surface area contributed by atoms with Crippen LogP contribution in [0.15, 0.2) is 42.7 Å². The first-order chi connectivity index (χ1) is 8.16. The Hall–Kier alpha value is -2.07. The van der Waals surface area contributed by atoms with Crippen molar-refractivity contribution in [1.29, 1.82) is 0 Å². The number of carboxylic acid groups (broad SMARTS) is 1. The molecular formula is C12H8ClNO3. The Morgan fingerprint density at radius 3 is 2.76 bits per heavy atom. The molecule has 0 amide bonds. The predicted octanol–water partition coefficient (Wildman–Crippen LogP) is 3.23. The van der Waals surface area contributed by atoms with Crippen molar-refractivity contribution in [2.75, 3.05) is 0 Å². The van der Waals surface area contributed by atoms with Crippen molar-refractivity contribution in [3.63, 3.8) is 0 Å². The van der Waals surface area contributed by atoms with Gasteiger partial charge in [0.1, 0.15) is 11.5 Å². The van der Waals surface area contributed by atoms with Crippen LogP contribution in [0.5, 0.6) is 11.5 Å². The zero-order valence-electron chi connectivity index (χ0n) is 8.63. The van der Waals surface area contributed by atoms with Gasteiger partial charge in [-0.25, -0.2) is 4.79 Å². The van der Waals surface area contributed by atoms with E-state index in [1.165, 1.54) is 18.2 Å². The lowest BCUT2D eigenvalue weighted by Gasteiger charge is -2.07. The standard InChI is InChI=1S/C12H8ClNO3/c13-10-6-8(12(15)16)3-4-11(10)17-9-2-1-5-14-7-9/h1-7H,(H,15,16). The fourth-order valence-corrected chi connectivity index (χ4v) is 1.47. The number of carboxylic acids is 1. The van der Waals surface area contributed by atoms with Crippen molar-refractivity contribution in [2.24, 2.45) is 0 Å². The lowest BCUT2D eigenvalue weighted by molar-refractivity contribution is 0.0697. The Balaban J connectivity index is 2.26. The summed E-state index contributed by atoms with van der Waals surface area (Å²) in [7, 11) is 0. The first-order valence-electron chi connectivity index (χ1n) is 4.77. The van der Waals surface area contributed by atoms with Crippen molar-refractivity contribution in [1.82, 2.24) is 4.98 Å². The van der Waals surface area contributed by atoms with Crippen molar-refractivity contribution >= 4 is 17.6 Å². The van der Waals surface area contributed by atoms with Crippen molar-refractivity contribution in [2.45, 2.75) is 0 Å². The molecule has 5 heteroatoms. The van der Waals surface area contributed by atoms with Crippen LogP contribution in [0.3, 0.4) is 0 Å². The summed E-state index contributed by atoms with van der Waals surface area (Å²) in [5, 5.41) is 9.02. The highest BCUT2D eigenvalue weighted by Gasteiger charge is 2.08. The smallest absolute Gasteiger partial charge is 0.335 e. The monoisotopic (exact) mass is 249 g/mol. The second-order valence-electron chi connectivity index (χ2n) is 3.24. The minimum absolute atomic E-state index is 0.119. The second kappa shape index (κ2) is 4.84. The first kappa shape index (κ1) is 11.4. The van der Waals surface area contributed by atoms with E-state index in [0.29, 0.717) is 11.5 Å². The zero-order valence-corrected chi connectivity index (χ0v) is 9.39. The molecule has 0 fully saturated rings. The molecule has 86 valence electrons. The van der Waals surface area contributed by atoms with Crippen LogP contribution in [-0.2, 0) is 0 Å². The Bertz CT molecular complexity index is 543. The van der Waals surface area contributed by atoms with E-state index in [9.17, 15) is 4.79 Å². The molecule has 0 aliphatic heterocycles. The normalized spacial score (nSPS) is 9.94. The van der Waals surface area contributed by atoms with Crippen LogP contribution >= 0.6 is 11.6 Å². The molecule has 0 unspecified atom stereocenters. The molecule has 0 saturated carbocycles. The quantitative estimate of drug-likeness (QED) is 0.907. The molecule has 1 N–H and O–H groups in total. The van der Waals surface area contributed by atoms with Gasteiger partial charge in [0, 0.05) is 6.20 Å². The fraction of sp³-hybridized carbons (Fsp3) is 0. The minimum atomic E-state index is -1.03. The fourth-order valence-electron chi connectivity index (χ4n) is 1.25. The molecule has 2 rings (SSSR count). The molecule has 0 saturated heterocycles. The maximum Gasteiger partial charge on any atom is 0.335 e. The number of nitrogens with zero attached hydrogens (tertiary/aromatic N) is 1. The number of pyridine rings is 1. The minimum Gasteiger partial charge on any atom is -0.478 e. The van der Waals surface area contributed by atoms with Gasteiger partial charge in [-0.05, 0) is 30.3 Å². The molecule has 0 bridgehead atoms. The highest BCUT2D eigenvalue weighted by molar-refractivity contribution is 6.32. The van der Waals surface area contributed by atoms with Gasteiger partial charge < -0.3 is 9.84 Å². The van der Waals surface area contributed by atoms with Gasteiger partial charge in [-0.1, -0.05) is 11.6 Å². The van der Waals surface area contributed by atoms with Crippen molar-refractivity contribution in [3.8, 4) is 11.5 Å². The summed E-state index contributed by atoms with van der Waals surface area (Å²) in [6, 6.07) is 7.75. The summed E-state index contributed by atoms with van der Waals surface area (Å²) in [4.78, 5) is 14.6. The molecule has 0 radical (unpaired) electrons. The number of halogens is 1. The van der Waals surface area contributed by atoms with Crippen molar-refractivity contribution in [3.05, 3.63) is 53.3 Å². The third kappa shape index (κ3) is 2.73. The SMILES string of the molecule is O=C(O)c1ccc(Oc2cccnc2)c(Cl)c1. The number of hydrogen-bond acceptors (Lipinski definition) is 3. The third-order valence-electron chi connectivity index (χ3n) is 2.04. The van der Waals surface area contributed by atoms with E-state index < -0.39 is 5.97 Å². The number of carbonyl (C=O) groups is 1. The van der Waals surface area contributed by atoms with Crippen molar-refractivity contribution < 1.29 is 14.6 Å². The molecule has 0 spiro atoms. The Kier molecular flexibility index (Phi) is 3.25. The van der Waals surface area contributed by atoms with E-state index in [1.54, 1.807) is 24.5 Å². The summed E-state index contributed by atoms with van der Waals surface area (Å²) >= 11 is 5.91. The lowest BCUT2D eigenvalue weighted by Crippen LogP contribution is -1.96. The number of hydrogen-bond donors (Lipinski definition) is 1. The molecule has 0 atom stereocenters. The molecule has 1 aromatic carbocycles. The average molecular weight is 250 g/mol. The predicted molar refractivity (Wildman–Crippen MR) is 62.7 cm³/mol. The van der Waals surface area contributed by atoms with E-state index in [1.807, 2.05) is 0 Å². The van der Waals surface area contributed by atoms with E-state index in [2.05, 4.69) is 4.98 Å². The number of benzene rings is 1. The van der Waals surface area contributed by atoms with Gasteiger partial charge in [0.05, 0.1) is 16.8 Å². The van der Waals surface area contributed by atoms with E-state index in [-0.39, 0.29) is 10.6 Å². The third-order valence-corrected chi connectivity index (χ3v) is 2.34. The van der Waals surface area contributed by atoms with Gasteiger partial charge >= 0.3 is 5.97 Å². The van der Waals surface area contributed by atoms with Gasteiger partial charge in [-0.2, -0.15) is 0 Å². The summed E-state index contributed by atoms with van der Waals surface area (Å²) in [6.45, 7) is 0. The zero-order chi connectivity index (χ0) is 12.3. The highest BCUT2D eigenvalue weighted by atomic mass is 35.5. The average Bonchev–Trinajstić information content (AvgIpc) is 2.33. The highest BCUT2D eigenvalue weighted by Crippen LogP contribution is 2.29. The molecule has 0 aliphatic carbocycles. The van der Waals surface area contributed by atoms with Gasteiger partial charge in [0.2, 0.25) is 0 Å².